The van der Waals surface area contributed by atoms with Gasteiger partial charge < -0.3 is 5.11 Å². The van der Waals surface area contributed by atoms with E-state index in [0.717, 1.165) is 32.7 Å². The Morgan fingerprint density at radius 3 is 2.68 bits per heavy atom. The molecule has 0 atom stereocenters. The molecule has 0 bridgehead atoms. The molecule has 4 nitrogen and oxygen atoms in total. The number of benzene rings is 1. The van der Waals surface area contributed by atoms with Gasteiger partial charge in [-0.2, -0.15) is 5.10 Å². The Bertz CT molecular complexity index is 894. The van der Waals surface area contributed by atoms with Crippen molar-refractivity contribution < 1.29 is 5.11 Å². The van der Waals surface area contributed by atoms with Gasteiger partial charge in [0.15, 0.2) is 0 Å². The van der Waals surface area contributed by atoms with Crippen molar-refractivity contribution in [1.29, 1.82) is 0 Å². The van der Waals surface area contributed by atoms with E-state index < -0.39 is 0 Å². The summed E-state index contributed by atoms with van der Waals surface area (Å²) in [7, 11) is 0. The van der Waals surface area contributed by atoms with Crippen LogP contribution in [0.1, 0.15) is 16.3 Å². The van der Waals surface area contributed by atoms with Crippen LogP contribution in [0.2, 0.25) is 0 Å². The number of rotatable bonds is 4. The molecule has 22 heavy (non-hydrogen) atoms. The third kappa shape index (κ3) is 2.35. The Morgan fingerprint density at radius 2 is 1.95 bits per heavy atom. The van der Waals surface area contributed by atoms with Gasteiger partial charge in [-0.15, -0.1) is 11.3 Å². The zero-order chi connectivity index (χ0) is 14.9. The zero-order valence-electron chi connectivity index (χ0n) is 11.6. The van der Waals surface area contributed by atoms with Crippen molar-refractivity contribution in [2.24, 2.45) is 0 Å². The summed E-state index contributed by atoms with van der Waals surface area (Å²) < 4.78 is 1.78. The number of imidazole rings is 1. The molecule has 4 rings (SSSR count). The maximum Gasteiger partial charge on any atom is 0.213 e. The van der Waals surface area contributed by atoms with Gasteiger partial charge in [-0.1, -0.05) is 47.7 Å². The molecule has 3 heterocycles. The van der Waals surface area contributed by atoms with Gasteiger partial charge in [0.1, 0.15) is 10.7 Å². The lowest BCUT2D eigenvalue weighted by molar-refractivity contribution is 0.275. The van der Waals surface area contributed by atoms with Gasteiger partial charge in [0, 0.05) is 6.42 Å². The Kier molecular flexibility index (Phi) is 3.49. The van der Waals surface area contributed by atoms with E-state index in [0.29, 0.717) is 0 Å². The van der Waals surface area contributed by atoms with E-state index in [-0.39, 0.29) is 6.61 Å². The number of hydrogen-bond donors (Lipinski definition) is 1. The summed E-state index contributed by atoms with van der Waals surface area (Å²) in [6.07, 6.45) is 0.786. The van der Waals surface area contributed by atoms with E-state index in [1.54, 1.807) is 27.2 Å². The Morgan fingerprint density at radius 1 is 1.09 bits per heavy atom. The summed E-state index contributed by atoms with van der Waals surface area (Å²) in [6, 6.07) is 14.3. The van der Waals surface area contributed by atoms with Crippen LogP contribution >= 0.6 is 22.7 Å². The van der Waals surface area contributed by atoms with Crippen molar-refractivity contribution >= 4 is 27.6 Å². The highest BCUT2D eigenvalue weighted by Gasteiger charge is 2.17. The number of hydrogen-bond acceptors (Lipinski definition) is 5. The lowest BCUT2D eigenvalue weighted by Gasteiger charge is -1.98. The molecule has 1 N–H and O–H groups in total. The lowest BCUT2D eigenvalue weighted by Crippen LogP contribution is -1.96. The smallest absolute Gasteiger partial charge is 0.213 e. The topological polar surface area (TPSA) is 50.4 Å². The maximum absolute atomic E-state index is 9.71. The van der Waals surface area contributed by atoms with Crippen molar-refractivity contribution in [1.82, 2.24) is 14.6 Å². The third-order valence-corrected chi connectivity index (χ3v) is 5.23. The minimum absolute atomic E-state index is 0.0666. The van der Waals surface area contributed by atoms with Crippen molar-refractivity contribution in [3.8, 4) is 10.6 Å². The number of nitrogens with zero attached hydrogens (tertiary/aromatic N) is 3. The fourth-order valence-corrected chi connectivity index (χ4v) is 4.11. The van der Waals surface area contributed by atoms with Crippen LogP contribution in [0.15, 0.2) is 47.8 Å². The number of aromatic nitrogens is 3. The minimum atomic E-state index is -0.0666. The summed E-state index contributed by atoms with van der Waals surface area (Å²) in [4.78, 5) is 6.55. The van der Waals surface area contributed by atoms with Gasteiger partial charge in [0.25, 0.3) is 0 Å². The first kappa shape index (κ1) is 13.6. The maximum atomic E-state index is 9.71. The van der Waals surface area contributed by atoms with Crippen LogP contribution in [0.3, 0.4) is 0 Å². The molecule has 6 heteroatoms. The van der Waals surface area contributed by atoms with Gasteiger partial charge in [0.2, 0.25) is 4.96 Å². The molecule has 0 aliphatic carbocycles. The van der Waals surface area contributed by atoms with Crippen molar-refractivity contribution in [2.45, 2.75) is 13.0 Å². The summed E-state index contributed by atoms with van der Waals surface area (Å²) in [6.45, 7) is -0.0666. The normalized spacial score (nSPS) is 11.3. The Hall–Kier alpha value is -2.02. The van der Waals surface area contributed by atoms with Crippen LogP contribution in [0.4, 0.5) is 0 Å². The quantitative estimate of drug-likeness (QED) is 0.623. The van der Waals surface area contributed by atoms with E-state index in [1.807, 2.05) is 35.7 Å². The fraction of sp³-hybridized carbons (Fsp3) is 0.125. The van der Waals surface area contributed by atoms with Gasteiger partial charge >= 0.3 is 0 Å². The second-order valence-electron chi connectivity index (χ2n) is 4.90. The molecular weight excluding hydrogens is 314 g/mol. The van der Waals surface area contributed by atoms with Crippen LogP contribution in [-0.2, 0) is 13.0 Å². The first-order valence-electron chi connectivity index (χ1n) is 6.91. The summed E-state index contributed by atoms with van der Waals surface area (Å²) in [5.41, 5.74) is 2.82. The van der Waals surface area contributed by atoms with Crippen LogP contribution in [-0.4, -0.2) is 19.7 Å². The average molecular weight is 327 g/mol. The highest BCUT2D eigenvalue weighted by atomic mass is 32.1. The van der Waals surface area contributed by atoms with Gasteiger partial charge in [-0.25, -0.2) is 9.50 Å². The molecule has 0 saturated heterocycles. The van der Waals surface area contributed by atoms with E-state index in [2.05, 4.69) is 22.2 Å². The summed E-state index contributed by atoms with van der Waals surface area (Å²) in [5.74, 6) is 0. The molecule has 0 unspecified atom stereocenters. The highest BCUT2D eigenvalue weighted by molar-refractivity contribution is 7.16. The monoisotopic (exact) mass is 327 g/mol. The molecule has 110 valence electrons. The van der Waals surface area contributed by atoms with Gasteiger partial charge in [0.05, 0.1) is 17.2 Å². The van der Waals surface area contributed by atoms with Crippen molar-refractivity contribution in [2.75, 3.05) is 0 Å². The first-order valence-corrected chi connectivity index (χ1v) is 8.61. The van der Waals surface area contributed by atoms with Gasteiger partial charge in [-0.3, -0.25) is 0 Å². The molecule has 3 aromatic heterocycles. The SMILES string of the molecule is OCc1c(-c2cccs2)nc2sc(Cc3ccccc3)nn12. The van der Waals surface area contributed by atoms with Gasteiger partial charge in [-0.05, 0) is 17.0 Å². The van der Waals surface area contributed by atoms with E-state index in [4.69, 9.17) is 0 Å². The molecule has 0 aliphatic heterocycles. The van der Waals surface area contributed by atoms with E-state index in [1.165, 1.54) is 5.56 Å². The third-order valence-electron chi connectivity index (χ3n) is 3.44. The molecule has 4 aromatic rings. The first-order chi connectivity index (χ1) is 10.8. The molecule has 0 spiro atoms. The van der Waals surface area contributed by atoms with E-state index in [9.17, 15) is 5.11 Å². The standard InChI is InChI=1S/C16H13N3OS2/c20-10-12-15(13-7-4-8-21-13)17-16-19(12)18-14(22-16)9-11-5-2-1-3-6-11/h1-8,20H,9-10H2. The number of aliphatic hydroxyl groups excluding tert-OH is 1. The van der Waals surface area contributed by atoms with Crippen LogP contribution in [0, 0.1) is 0 Å². The molecular formula is C16H13N3OS2. The predicted molar refractivity (Wildman–Crippen MR) is 89.3 cm³/mol. The Balaban J connectivity index is 1.75. The van der Waals surface area contributed by atoms with Crippen molar-refractivity contribution in [3.63, 3.8) is 0 Å². The average Bonchev–Trinajstić information content (AvgIpc) is 3.22. The number of thiophene rings is 1. The van der Waals surface area contributed by atoms with Crippen LogP contribution in [0.5, 0.6) is 0 Å². The summed E-state index contributed by atoms with van der Waals surface area (Å²) >= 11 is 3.19. The predicted octanol–water partition coefficient (Wildman–Crippen LogP) is 3.60. The minimum Gasteiger partial charge on any atom is -0.390 e. The molecule has 0 aliphatic rings. The summed E-state index contributed by atoms with van der Waals surface area (Å²) in [5, 5.41) is 17.4. The van der Waals surface area contributed by atoms with Crippen molar-refractivity contribution in [3.05, 3.63) is 64.1 Å². The Labute approximate surface area is 135 Å². The number of aliphatic hydroxyl groups is 1. The largest absolute Gasteiger partial charge is 0.390 e. The second kappa shape index (κ2) is 5.64. The molecule has 0 fully saturated rings. The fourth-order valence-electron chi connectivity index (χ4n) is 2.42. The molecule has 0 radical (unpaired) electrons. The van der Waals surface area contributed by atoms with Crippen LogP contribution < -0.4 is 0 Å². The zero-order valence-corrected chi connectivity index (χ0v) is 13.3. The molecule has 0 amide bonds. The number of fused-ring (bicyclic) bond motifs is 1. The molecule has 0 saturated carbocycles. The lowest BCUT2D eigenvalue weighted by atomic mass is 10.2. The molecule has 1 aromatic carbocycles. The second-order valence-corrected chi connectivity index (χ2v) is 6.88. The van der Waals surface area contributed by atoms with E-state index >= 15 is 0 Å². The highest BCUT2D eigenvalue weighted by Crippen LogP contribution is 2.30. The van der Waals surface area contributed by atoms with Crippen LogP contribution in [0.25, 0.3) is 15.5 Å².